The van der Waals surface area contributed by atoms with Gasteiger partial charge in [-0.05, 0) is 23.6 Å². The van der Waals surface area contributed by atoms with Gasteiger partial charge in [0, 0.05) is 6.54 Å². The molecular weight excluding hydrogens is 160 g/mol. The van der Waals surface area contributed by atoms with Gasteiger partial charge in [-0.3, -0.25) is 0 Å². The summed E-state index contributed by atoms with van der Waals surface area (Å²) in [4.78, 5) is 0. The smallest absolute Gasteiger partial charge is 0.0994 e. The van der Waals surface area contributed by atoms with Gasteiger partial charge in [-0.15, -0.1) is 0 Å². The second kappa shape index (κ2) is 4.64. The summed E-state index contributed by atoms with van der Waals surface area (Å²) in [6.07, 6.45) is 1.99. The van der Waals surface area contributed by atoms with Gasteiger partial charge in [-0.2, -0.15) is 5.26 Å². The van der Waals surface area contributed by atoms with Gasteiger partial charge < -0.3 is 5.73 Å². The fraction of sp³-hybridized carbons (Fsp3) is 0.364. The Morgan fingerprint density at radius 3 is 2.77 bits per heavy atom. The van der Waals surface area contributed by atoms with Crippen LogP contribution in [0.25, 0.3) is 0 Å². The summed E-state index contributed by atoms with van der Waals surface area (Å²) in [5.41, 5.74) is 8.58. The van der Waals surface area contributed by atoms with Gasteiger partial charge >= 0.3 is 0 Å². The monoisotopic (exact) mass is 174 g/mol. The van der Waals surface area contributed by atoms with Crippen molar-refractivity contribution in [1.29, 1.82) is 5.26 Å². The zero-order chi connectivity index (χ0) is 9.68. The molecule has 0 heterocycles. The van der Waals surface area contributed by atoms with Gasteiger partial charge in [0.2, 0.25) is 0 Å². The van der Waals surface area contributed by atoms with Crippen LogP contribution in [-0.4, -0.2) is 0 Å². The van der Waals surface area contributed by atoms with E-state index in [0.717, 1.165) is 29.5 Å². The Kier molecular flexibility index (Phi) is 3.48. The second-order valence-electron chi connectivity index (χ2n) is 3.01. The third kappa shape index (κ3) is 2.07. The molecule has 68 valence electrons. The Morgan fingerprint density at radius 2 is 2.23 bits per heavy atom. The fourth-order valence-corrected chi connectivity index (χ4v) is 1.48. The Morgan fingerprint density at radius 1 is 1.46 bits per heavy atom. The summed E-state index contributed by atoms with van der Waals surface area (Å²) in [6, 6.07) is 7.93. The highest BCUT2D eigenvalue weighted by Gasteiger charge is 2.04. The molecule has 1 rings (SSSR count). The molecule has 0 saturated heterocycles. The summed E-state index contributed by atoms with van der Waals surface area (Å²) in [5.74, 6) is 0. The average molecular weight is 174 g/mol. The lowest BCUT2D eigenvalue weighted by Gasteiger charge is -2.07. The minimum atomic E-state index is 0.519. The quantitative estimate of drug-likeness (QED) is 0.761. The van der Waals surface area contributed by atoms with Crippen molar-refractivity contribution in [2.75, 3.05) is 0 Å². The van der Waals surface area contributed by atoms with E-state index in [9.17, 15) is 0 Å². The molecule has 1 aromatic carbocycles. The van der Waals surface area contributed by atoms with Crippen molar-refractivity contribution in [1.82, 2.24) is 0 Å². The van der Waals surface area contributed by atoms with Crippen LogP contribution in [0.2, 0.25) is 0 Å². The first kappa shape index (κ1) is 9.76. The predicted molar refractivity (Wildman–Crippen MR) is 53.0 cm³/mol. The first-order valence-electron chi connectivity index (χ1n) is 4.54. The molecule has 0 aliphatic rings. The second-order valence-corrected chi connectivity index (χ2v) is 3.01. The Hall–Kier alpha value is -1.33. The molecule has 0 spiro atoms. The molecule has 0 saturated carbocycles. The molecule has 0 unspecified atom stereocenters. The van der Waals surface area contributed by atoms with E-state index in [-0.39, 0.29) is 0 Å². The maximum atomic E-state index is 8.87. The van der Waals surface area contributed by atoms with Crippen LogP contribution < -0.4 is 5.73 Å². The maximum Gasteiger partial charge on any atom is 0.0994 e. The number of hydrogen-bond acceptors (Lipinski definition) is 2. The lowest BCUT2D eigenvalue weighted by molar-refractivity contribution is 0.889. The van der Waals surface area contributed by atoms with Gasteiger partial charge in [0.25, 0.3) is 0 Å². The van der Waals surface area contributed by atoms with Gasteiger partial charge in [0.1, 0.15) is 0 Å². The molecule has 0 amide bonds. The fourth-order valence-electron chi connectivity index (χ4n) is 1.48. The maximum absolute atomic E-state index is 8.87. The van der Waals surface area contributed by atoms with Crippen molar-refractivity contribution >= 4 is 0 Å². The highest BCUT2D eigenvalue weighted by atomic mass is 14.5. The molecule has 2 heteroatoms. The van der Waals surface area contributed by atoms with Crippen LogP contribution in [0.3, 0.4) is 0 Å². The Labute approximate surface area is 79.0 Å². The molecule has 1 aromatic rings. The van der Waals surface area contributed by atoms with E-state index in [1.807, 2.05) is 18.2 Å². The lowest BCUT2D eigenvalue weighted by Crippen LogP contribution is -2.03. The third-order valence-corrected chi connectivity index (χ3v) is 2.11. The molecule has 0 fully saturated rings. The molecule has 0 aromatic heterocycles. The summed E-state index contributed by atoms with van der Waals surface area (Å²) in [5, 5.41) is 8.87. The van der Waals surface area contributed by atoms with E-state index in [0.29, 0.717) is 6.54 Å². The minimum absolute atomic E-state index is 0.519. The van der Waals surface area contributed by atoms with E-state index < -0.39 is 0 Å². The van der Waals surface area contributed by atoms with Crippen LogP contribution in [0.1, 0.15) is 30.0 Å². The summed E-state index contributed by atoms with van der Waals surface area (Å²) >= 11 is 0. The van der Waals surface area contributed by atoms with Crippen molar-refractivity contribution in [3.8, 4) is 6.07 Å². The van der Waals surface area contributed by atoms with E-state index in [4.69, 9.17) is 11.0 Å². The van der Waals surface area contributed by atoms with Gasteiger partial charge in [0.15, 0.2) is 0 Å². The van der Waals surface area contributed by atoms with E-state index in [1.54, 1.807) is 0 Å². The first-order chi connectivity index (χ1) is 6.33. The van der Waals surface area contributed by atoms with Crippen LogP contribution in [0.5, 0.6) is 0 Å². The highest BCUT2D eigenvalue weighted by Crippen LogP contribution is 2.15. The van der Waals surface area contributed by atoms with Crippen molar-refractivity contribution in [3.05, 3.63) is 34.9 Å². The van der Waals surface area contributed by atoms with Gasteiger partial charge in [-0.1, -0.05) is 25.5 Å². The molecule has 2 nitrogen and oxygen atoms in total. The van der Waals surface area contributed by atoms with Crippen molar-refractivity contribution in [2.24, 2.45) is 5.73 Å². The molecule has 2 N–H and O–H groups in total. The Balaban J connectivity index is 3.15. The van der Waals surface area contributed by atoms with Crippen LogP contribution in [-0.2, 0) is 13.0 Å². The Bertz CT molecular complexity index is 323. The topological polar surface area (TPSA) is 49.8 Å². The van der Waals surface area contributed by atoms with Crippen molar-refractivity contribution in [3.63, 3.8) is 0 Å². The highest BCUT2D eigenvalue weighted by molar-refractivity contribution is 5.42. The normalized spacial score (nSPS) is 9.62. The third-order valence-electron chi connectivity index (χ3n) is 2.11. The first-order valence-corrected chi connectivity index (χ1v) is 4.54. The molecule has 0 bridgehead atoms. The molecular formula is C11H14N2. The zero-order valence-corrected chi connectivity index (χ0v) is 7.88. The number of nitriles is 1. The molecule has 0 aliphatic carbocycles. The van der Waals surface area contributed by atoms with Crippen LogP contribution in [0.15, 0.2) is 18.2 Å². The summed E-state index contributed by atoms with van der Waals surface area (Å²) in [6.45, 7) is 2.62. The average Bonchev–Trinajstić information content (AvgIpc) is 2.18. The molecule has 13 heavy (non-hydrogen) atoms. The number of nitrogens with two attached hydrogens (primary N) is 1. The van der Waals surface area contributed by atoms with E-state index in [2.05, 4.69) is 13.0 Å². The largest absolute Gasteiger partial charge is 0.326 e. The predicted octanol–water partition coefficient (Wildman–Crippen LogP) is 1.97. The standard InChI is InChI=1S/C11H14N2/c1-2-4-11-9(7-12)5-3-6-10(11)8-13/h3,5-6H,2,4,7,12H2,1H3. The number of rotatable bonds is 3. The minimum Gasteiger partial charge on any atom is -0.326 e. The van der Waals surface area contributed by atoms with Crippen LogP contribution >= 0.6 is 0 Å². The molecule has 0 atom stereocenters. The van der Waals surface area contributed by atoms with Crippen LogP contribution in [0.4, 0.5) is 0 Å². The summed E-state index contributed by atoms with van der Waals surface area (Å²) in [7, 11) is 0. The zero-order valence-electron chi connectivity index (χ0n) is 7.88. The van der Waals surface area contributed by atoms with E-state index >= 15 is 0 Å². The number of benzene rings is 1. The summed E-state index contributed by atoms with van der Waals surface area (Å²) < 4.78 is 0. The van der Waals surface area contributed by atoms with Gasteiger partial charge in [-0.25, -0.2) is 0 Å². The molecule has 0 radical (unpaired) electrons. The van der Waals surface area contributed by atoms with Crippen LogP contribution in [0, 0.1) is 11.3 Å². The number of nitrogens with zero attached hydrogens (tertiary/aromatic N) is 1. The van der Waals surface area contributed by atoms with E-state index in [1.165, 1.54) is 0 Å². The SMILES string of the molecule is CCCc1c(C#N)cccc1CN. The van der Waals surface area contributed by atoms with Crippen molar-refractivity contribution in [2.45, 2.75) is 26.3 Å². The van der Waals surface area contributed by atoms with Gasteiger partial charge in [0.05, 0.1) is 11.6 Å². The number of hydrogen-bond donors (Lipinski definition) is 1. The van der Waals surface area contributed by atoms with Crippen molar-refractivity contribution < 1.29 is 0 Å². The molecule has 0 aliphatic heterocycles. The lowest BCUT2D eigenvalue weighted by atomic mass is 9.98.